The molecule has 1 saturated carbocycles. The Bertz CT molecular complexity index is 936. The summed E-state index contributed by atoms with van der Waals surface area (Å²) in [4.78, 5) is 23.7. The lowest BCUT2D eigenvalue weighted by atomic mass is 9.85. The number of benzene rings is 1. The maximum absolute atomic E-state index is 13.6. The third kappa shape index (κ3) is 5.90. The van der Waals surface area contributed by atoms with Crippen LogP contribution in [-0.2, 0) is 24.3 Å². The van der Waals surface area contributed by atoms with Crippen LogP contribution in [0.5, 0.6) is 5.75 Å². The van der Waals surface area contributed by atoms with Gasteiger partial charge in [0.25, 0.3) is 0 Å². The number of sulfonamides is 1. The van der Waals surface area contributed by atoms with Gasteiger partial charge in [-0.3, -0.25) is 4.79 Å². The molecule has 1 aliphatic carbocycles. The van der Waals surface area contributed by atoms with Gasteiger partial charge in [-0.25, -0.2) is 8.42 Å². The third-order valence-electron chi connectivity index (χ3n) is 6.03. The summed E-state index contributed by atoms with van der Waals surface area (Å²) in [5.74, 6) is 0.0694. The predicted octanol–water partition coefficient (Wildman–Crippen LogP) is 4.02. The van der Waals surface area contributed by atoms with E-state index in [1.54, 1.807) is 39.0 Å². The maximum Gasteiger partial charge on any atom is 0.324 e. The molecule has 178 valence electrons. The van der Waals surface area contributed by atoms with Crippen LogP contribution < -0.4 is 4.74 Å². The molecule has 0 amide bonds. The average Bonchev–Trinajstić information content (AvgIpc) is 3.18. The molecule has 1 aliphatic heterocycles. The molecule has 32 heavy (non-hydrogen) atoms. The van der Waals surface area contributed by atoms with E-state index in [1.807, 2.05) is 6.92 Å². The number of carbonyl (C=O) groups excluding carboxylic acids is 2. The molecule has 2 fully saturated rings. The molecule has 8 heteroatoms. The van der Waals surface area contributed by atoms with Gasteiger partial charge in [0.15, 0.2) is 0 Å². The lowest BCUT2D eigenvalue weighted by molar-refractivity contribution is -0.158. The van der Waals surface area contributed by atoms with Crippen molar-refractivity contribution in [3.8, 4) is 5.75 Å². The summed E-state index contributed by atoms with van der Waals surface area (Å²) in [6.45, 7) is 7.47. The van der Waals surface area contributed by atoms with E-state index in [9.17, 15) is 18.0 Å². The third-order valence-corrected chi connectivity index (χ3v) is 7.97. The SMILES string of the molecule is Cc1ccc(S(=O)(=O)N2CCC[C@H]2C(=O)OC(C)(C)C)c(O[C@@H]2CCC[C@H](CC=O)C2)c1. The monoisotopic (exact) mass is 465 g/mol. The fourth-order valence-corrected chi connectivity index (χ4v) is 6.31. The van der Waals surface area contributed by atoms with Crippen molar-refractivity contribution >= 4 is 22.3 Å². The highest BCUT2D eigenvalue weighted by atomic mass is 32.2. The van der Waals surface area contributed by atoms with Gasteiger partial charge in [0.05, 0.1) is 6.10 Å². The van der Waals surface area contributed by atoms with E-state index in [4.69, 9.17) is 9.47 Å². The Morgan fingerprint density at radius 3 is 2.62 bits per heavy atom. The number of nitrogens with zero attached hydrogens (tertiary/aromatic N) is 1. The van der Waals surface area contributed by atoms with Crippen molar-refractivity contribution in [2.45, 2.75) is 95.3 Å². The van der Waals surface area contributed by atoms with E-state index < -0.39 is 27.6 Å². The molecular formula is C24H35NO6S. The zero-order chi connectivity index (χ0) is 23.5. The minimum Gasteiger partial charge on any atom is -0.489 e. The molecule has 1 saturated heterocycles. The number of hydrogen-bond acceptors (Lipinski definition) is 6. The molecule has 1 heterocycles. The zero-order valence-corrected chi connectivity index (χ0v) is 20.3. The number of hydrogen-bond donors (Lipinski definition) is 0. The second kappa shape index (κ2) is 9.91. The van der Waals surface area contributed by atoms with Gasteiger partial charge >= 0.3 is 5.97 Å². The Morgan fingerprint density at radius 2 is 1.94 bits per heavy atom. The van der Waals surface area contributed by atoms with Gasteiger partial charge in [-0.15, -0.1) is 0 Å². The van der Waals surface area contributed by atoms with Crippen molar-refractivity contribution in [1.82, 2.24) is 4.31 Å². The van der Waals surface area contributed by atoms with E-state index >= 15 is 0 Å². The van der Waals surface area contributed by atoms with E-state index in [1.165, 1.54) is 4.31 Å². The molecule has 0 N–H and O–H groups in total. The number of aryl methyl sites for hydroxylation is 1. The number of esters is 1. The van der Waals surface area contributed by atoms with Crippen LogP contribution in [-0.4, -0.2) is 49.3 Å². The smallest absolute Gasteiger partial charge is 0.324 e. The largest absolute Gasteiger partial charge is 0.489 e. The maximum atomic E-state index is 13.6. The van der Waals surface area contributed by atoms with Crippen molar-refractivity contribution in [2.75, 3.05) is 6.54 Å². The summed E-state index contributed by atoms with van der Waals surface area (Å²) in [6.07, 6.45) is 5.85. The van der Waals surface area contributed by atoms with Crippen LogP contribution in [0.2, 0.25) is 0 Å². The van der Waals surface area contributed by atoms with Crippen LogP contribution >= 0.6 is 0 Å². The summed E-state index contributed by atoms with van der Waals surface area (Å²) in [5.41, 5.74) is 0.205. The highest BCUT2D eigenvalue weighted by molar-refractivity contribution is 7.89. The van der Waals surface area contributed by atoms with Crippen LogP contribution in [0.15, 0.2) is 23.1 Å². The summed E-state index contributed by atoms with van der Waals surface area (Å²) in [5, 5.41) is 0. The van der Waals surface area contributed by atoms with Gasteiger partial charge in [-0.05, 0) is 89.8 Å². The number of aldehydes is 1. The minimum absolute atomic E-state index is 0.0797. The Kier molecular flexibility index (Phi) is 7.65. The van der Waals surface area contributed by atoms with Crippen molar-refractivity contribution in [1.29, 1.82) is 0 Å². The first-order valence-corrected chi connectivity index (χ1v) is 12.9. The van der Waals surface area contributed by atoms with Crippen LogP contribution in [0.3, 0.4) is 0 Å². The topological polar surface area (TPSA) is 90.0 Å². The Labute approximate surface area is 191 Å². The molecule has 0 unspecified atom stereocenters. The molecule has 3 rings (SSSR count). The standard InChI is InChI=1S/C24H35NO6S/c1-17-10-11-22(21(15-17)30-19-8-5-7-18(16-19)12-14-26)32(28,29)25-13-6-9-20(25)23(27)31-24(2,3)4/h10-11,14-15,18-20H,5-9,12-13,16H2,1-4H3/t18-,19-,20+/m1/s1. The number of rotatable bonds is 7. The van der Waals surface area contributed by atoms with Crippen molar-refractivity contribution in [3.63, 3.8) is 0 Å². The van der Waals surface area contributed by atoms with Crippen molar-refractivity contribution in [2.24, 2.45) is 5.92 Å². The van der Waals surface area contributed by atoms with E-state index in [0.29, 0.717) is 25.0 Å². The Hall–Kier alpha value is -1.93. The van der Waals surface area contributed by atoms with Crippen molar-refractivity contribution < 1.29 is 27.5 Å². The van der Waals surface area contributed by atoms with Gasteiger partial charge < -0.3 is 14.3 Å². The predicted molar refractivity (Wildman–Crippen MR) is 121 cm³/mol. The first kappa shape index (κ1) is 24.7. The molecule has 0 spiro atoms. The van der Waals surface area contributed by atoms with Crippen LogP contribution in [0.4, 0.5) is 0 Å². The van der Waals surface area contributed by atoms with Gasteiger partial charge in [0, 0.05) is 13.0 Å². The molecule has 7 nitrogen and oxygen atoms in total. The van der Waals surface area contributed by atoms with Gasteiger partial charge in [0.1, 0.15) is 28.6 Å². The Balaban J connectivity index is 1.86. The highest BCUT2D eigenvalue weighted by Gasteiger charge is 2.42. The average molecular weight is 466 g/mol. The summed E-state index contributed by atoms with van der Waals surface area (Å²) < 4.78 is 40.3. The molecule has 3 atom stereocenters. The normalized spacial score (nSPS) is 24.8. The van der Waals surface area contributed by atoms with Crippen LogP contribution in [0.25, 0.3) is 0 Å². The Morgan fingerprint density at radius 1 is 1.19 bits per heavy atom. The van der Waals surface area contributed by atoms with Gasteiger partial charge in [-0.2, -0.15) is 4.31 Å². The summed E-state index contributed by atoms with van der Waals surface area (Å²) in [7, 11) is -3.96. The molecule has 1 aromatic carbocycles. The molecule has 0 bridgehead atoms. The zero-order valence-electron chi connectivity index (χ0n) is 19.5. The second-order valence-electron chi connectivity index (χ2n) is 9.93. The fraction of sp³-hybridized carbons (Fsp3) is 0.667. The number of carbonyl (C=O) groups is 2. The summed E-state index contributed by atoms with van der Waals surface area (Å²) >= 11 is 0. The fourth-order valence-electron chi connectivity index (χ4n) is 4.56. The van der Waals surface area contributed by atoms with E-state index in [2.05, 4.69) is 0 Å². The van der Waals surface area contributed by atoms with E-state index in [0.717, 1.165) is 37.5 Å². The first-order valence-electron chi connectivity index (χ1n) is 11.5. The molecule has 0 aromatic heterocycles. The van der Waals surface area contributed by atoms with Crippen molar-refractivity contribution in [3.05, 3.63) is 23.8 Å². The minimum atomic E-state index is -3.96. The lowest BCUT2D eigenvalue weighted by Gasteiger charge is -2.30. The number of ether oxygens (including phenoxy) is 2. The molecular weight excluding hydrogens is 430 g/mol. The lowest BCUT2D eigenvalue weighted by Crippen LogP contribution is -2.43. The van der Waals surface area contributed by atoms with Gasteiger partial charge in [-0.1, -0.05) is 6.07 Å². The van der Waals surface area contributed by atoms with Crippen LogP contribution in [0.1, 0.15) is 71.3 Å². The molecule has 1 aromatic rings. The van der Waals surface area contributed by atoms with E-state index in [-0.39, 0.29) is 23.5 Å². The van der Waals surface area contributed by atoms with Crippen LogP contribution in [0, 0.1) is 12.8 Å². The summed E-state index contributed by atoms with van der Waals surface area (Å²) in [6, 6.07) is 4.22. The first-order chi connectivity index (χ1) is 15.0. The quantitative estimate of drug-likeness (QED) is 0.446. The molecule has 2 aliphatic rings. The molecule has 0 radical (unpaired) electrons. The second-order valence-corrected chi connectivity index (χ2v) is 11.8. The van der Waals surface area contributed by atoms with Gasteiger partial charge in [0.2, 0.25) is 10.0 Å². The highest BCUT2D eigenvalue weighted by Crippen LogP contribution is 2.36.